The zero-order valence-corrected chi connectivity index (χ0v) is 22.4. The molecule has 1 spiro atoms. The smallest absolute Gasteiger partial charge is 0.247 e. The number of aliphatic hydroxyl groups excluding tert-OH is 1. The number of aliphatic hydroxyl groups is 1. The van der Waals surface area contributed by atoms with Crippen molar-refractivity contribution in [3.63, 3.8) is 0 Å². The molecule has 3 fully saturated rings. The van der Waals surface area contributed by atoms with Gasteiger partial charge in [0.25, 0.3) is 0 Å². The van der Waals surface area contributed by atoms with Crippen LogP contribution in [-0.4, -0.2) is 79.7 Å². The van der Waals surface area contributed by atoms with Gasteiger partial charge in [0.1, 0.15) is 23.8 Å². The second-order valence-corrected chi connectivity index (χ2v) is 11.1. The summed E-state index contributed by atoms with van der Waals surface area (Å²) < 4.78 is 8.32. The Hall–Kier alpha value is -3.05. The highest BCUT2D eigenvalue weighted by Gasteiger charge is 2.79. The third-order valence-electron chi connectivity index (χ3n) is 8.78. The lowest BCUT2D eigenvalue weighted by molar-refractivity contribution is -0.147. The Labute approximate surface area is 222 Å². The molecule has 11 nitrogen and oxygen atoms in total. The highest BCUT2D eigenvalue weighted by atomic mass is 16.5. The van der Waals surface area contributed by atoms with E-state index < -0.39 is 29.1 Å². The standard InChI is InChI=1S/C27H38N6O5/c1-4-12-28-23(35)20-21-25(37)32(13-8-5-9-14-34)22(27(21)15-17(2)26(20,3)38-27)24(36)29-16-33-19-11-7-6-10-18(19)30-31-33/h6-7,10-11,17,20-22,34H,4-5,8-9,12-16H2,1-3H3,(H,28,35)(H,29,36)/t17?,20-,21+,22?,26+,27?/m1/s1. The van der Waals surface area contributed by atoms with Gasteiger partial charge in [-0.15, -0.1) is 5.10 Å². The zero-order valence-electron chi connectivity index (χ0n) is 22.4. The number of fused-ring (bicyclic) bond motifs is 2. The summed E-state index contributed by atoms with van der Waals surface area (Å²) in [6.45, 7) is 6.99. The molecule has 11 heteroatoms. The molecule has 0 aliphatic carbocycles. The molecule has 3 amide bonds. The van der Waals surface area contributed by atoms with Crippen LogP contribution in [0.1, 0.15) is 52.9 Å². The Balaban J connectivity index is 1.45. The summed E-state index contributed by atoms with van der Waals surface area (Å²) in [5, 5.41) is 23.5. The monoisotopic (exact) mass is 526 g/mol. The summed E-state index contributed by atoms with van der Waals surface area (Å²) in [7, 11) is 0. The number of rotatable bonds is 11. The Bertz CT molecular complexity index is 1220. The number of para-hydroxylation sites is 1. The van der Waals surface area contributed by atoms with Crippen molar-refractivity contribution in [3.8, 4) is 0 Å². The van der Waals surface area contributed by atoms with Gasteiger partial charge in [-0.2, -0.15) is 0 Å². The van der Waals surface area contributed by atoms with Crippen molar-refractivity contribution in [1.29, 1.82) is 0 Å². The van der Waals surface area contributed by atoms with Crippen LogP contribution in [0.4, 0.5) is 0 Å². The first kappa shape index (κ1) is 26.6. The first-order valence-electron chi connectivity index (χ1n) is 13.7. The Morgan fingerprint density at radius 2 is 1.97 bits per heavy atom. The lowest BCUT2D eigenvalue weighted by Crippen LogP contribution is -2.56. The summed E-state index contributed by atoms with van der Waals surface area (Å²) in [5.74, 6) is -2.10. The van der Waals surface area contributed by atoms with Gasteiger partial charge in [-0.25, -0.2) is 4.68 Å². The minimum atomic E-state index is -1.08. The Morgan fingerprint density at radius 3 is 2.74 bits per heavy atom. The van der Waals surface area contributed by atoms with Crippen LogP contribution in [0.3, 0.4) is 0 Å². The summed E-state index contributed by atoms with van der Waals surface area (Å²) in [4.78, 5) is 43.0. The van der Waals surface area contributed by atoms with Crippen LogP contribution in [0.5, 0.6) is 0 Å². The maximum absolute atomic E-state index is 14.0. The van der Waals surface area contributed by atoms with Gasteiger partial charge in [-0.1, -0.05) is 31.2 Å². The number of benzene rings is 1. The average molecular weight is 527 g/mol. The summed E-state index contributed by atoms with van der Waals surface area (Å²) in [6.07, 6.45) is 3.31. The van der Waals surface area contributed by atoms with E-state index >= 15 is 0 Å². The molecular weight excluding hydrogens is 488 g/mol. The van der Waals surface area contributed by atoms with Gasteiger partial charge in [-0.05, 0) is 57.1 Å². The lowest BCUT2D eigenvalue weighted by atomic mass is 9.62. The first-order chi connectivity index (χ1) is 18.3. The Kier molecular flexibility index (Phi) is 7.17. The fourth-order valence-corrected chi connectivity index (χ4v) is 6.89. The molecule has 2 aromatic rings. The number of nitrogens with one attached hydrogen (secondary N) is 2. The molecule has 3 aliphatic heterocycles. The molecule has 3 unspecified atom stereocenters. The van der Waals surface area contributed by atoms with Crippen LogP contribution < -0.4 is 10.6 Å². The van der Waals surface area contributed by atoms with E-state index in [1.54, 1.807) is 9.58 Å². The maximum atomic E-state index is 14.0. The van der Waals surface area contributed by atoms with Gasteiger partial charge >= 0.3 is 0 Å². The molecule has 1 aromatic heterocycles. The number of aromatic nitrogens is 3. The van der Waals surface area contributed by atoms with E-state index in [2.05, 4.69) is 20.9 Å². The van der Waals surface area contributed by atoms with E-state index in [9.17, 15) is 19.5 Å². The van der Waals surface area contributed by atoms with Gasteiger partial charge in [0, 0.05) is 19.7 Å². The molecule has 6 atom stereocenters. The van der Waals surface area contributed by atoms with Gasteiger partial charge in [-0.3, -0.25) is 14.4 Å². The minimum Gasteiger partial charge on any atom is -0.396 e. The van der Waals surface area contributed by atoms with E-state index in [1.165, 1.54) is 0 Å². The number of ether oxygens (including phenoxy) is 1. The number of carbonyl (C=O) groups is 3. The average Bonchev–Trinajstić information content (AvgIpc) is 3.57. The highest BCUT2D eigenvalue weighted by molar-refractivity contribution is 5.99. The molecule has 2 bridgehead atoms. The normalized spacial score (nSPS) is 31.7. The first-order valence-corrected chi connectivity index (χ1v) is 13.7. The third-order valence-corrected chi connectivity index (χ3v) is 8.78. The summed E-state index contributed by atoms with van der Waals surface area (Å²) in [5.41, 5.74) is -0.395. The minimum absolute atomic E-state index is 0.00664. The molecule has 3 aliphatic rings. The molecule has 5 rings (SSSR count). The van der Waals surface area contributed by atoms with Crippen molar-refractivity contribution in [2.75, 3.05) is 19.7 Å². The van der Waals surface area contributed by atoms with E-state index in [0.717, 1.165) is 23.9 Å². The second kappa shape index (κ2) is 10.3. The molecule has 206 valence electrons. The van der Waals surface area contributed by atoms with E-state index in [-0.39, 0.29) is 36.9 Å². The van der Waals surface area contributed by atoms with Gasteiger partial charge in [0.15, 0.2) is 0 Å². The van der Waals surface area contributed by atoms with Crippen LogP contribution in [0.2, 0.25) is 0 Å². The molecule has 3 saturated heterocycles. The fraction of sp³-hybridized carbons (Fsp3) is 0.667. The van der Waals surface area contributed by atoms with Crippen molar-refractivity contribution < 1.29 is 24.2 Å². The number of hydrogen-bond donors (Lipinski definition) is 3. The van der Waals surface area contributed by atoms with Crippen LogP contribution in [0.25, 0.3) is 11.0 Å². The van der Waals surface area contributed by atoms with E-state index in [0.29, 0.717) is 32.4 Å². The van der Waals surface area contributed by atoms with Crippen LogP contribution in [0.15, 0.2) is 24.3 Å². The topological polar surface area (TPSA) is 139 Å². The van der Waals surface area contributed by atoms with Crippen molar-refractivity contribution in [3.05, 3.63) is 24.3 Å². The number of nitrogens with zero attached hydrogens (tertiary/aromatic N) is 4. The summed E-state index contributed by atoms with van der Waals surface area (Å²) in [6, 6.07) is 6.63. The van der Waals surface area contributed by atoms with Crippen molar-refractivity contribution in [2.24, 2.45) is 17.8 Å². The fourth-order valence-electron chi connectivity index (χ4n) is 6.89. The largest absolute Gasteiger partial charge is 0.396 e. The van der Waals surface area contributed by atoms with Crippen molar-refractivity contribution in [1.82, 2.24) is 30.5 Å². The predicted molar refractivity (Wildman–Crippen MR) is 138 cm³/mol. The van der Waals surface area contributed by atoms with Gasteiger partial charge in [0.2, 0.25) is 17.7 Å². The van der Waals surface area contributed by atoms with Gasteiger partial charge in [0.05, 0.1) is 23.0 Å². The molecule has 4 heterocycles. The van der Waals surface area contributed by atoms with Crippen LogP contribution in [-0.2, 0) is 25.8 Å². The molecule has 3 N–H and O–H groups in total. The number of amides is 3. The van der Waals surface area contributed by atoms with Crippen LogP contribution in [0, 0.1) is 17.8 Å². The number of unbranched alkanes of at least 4 members (excludes halogenated alkanes) is 2. The van der Waals surface area contributed by atoms with E-state index in [1.807, 2.05) is 45.0 Å². The summed E-state index contributed by atoms with van der Waals surface area (Å²) >= 11 is 0. The number of likely N-dealkylation sites (tertiary alicyclic amines) is 1. The van der Waals surface area contributed by atoms with E-state index in [4.69, 9.17) is 4.74 Å². The molecule has 0 saturated carbocycles. The van der Waals surface area contributed by atoms with Crippen molar-refractivity contribution in [2.45, 2.75) is 76.8 Å². The SMILES string of the molecule is CCCNC(=O)[C@H]1[C@H]2C(=O)N(CCCCCO)C(C(=O)NCn3nnc4ccccc43)C23CC(C)[C@]1(C)O3. The maximum Gasteiger partial charge on any atom is 0.247 e. The number of carbonyl (C=O) groups excluding carboxylic acids is 3. The predicted octanol–water partition coefficient (Wildman–Crippen LogP) is 1.20. The molecule has 38 heavy (non-hydrogen) atoms. The third kappa shape index (κ3) is 4.07. The highest BCUT2D eigenvalue weighted by Crippen LogP contribution is 2.65. The Morgan fingerprint density at radius 1 is 1.18 bits per heavy atom. The molecule has 1 aromatic carbocycles. The second-order valence-electron chi connectivity index (χ2n) is 11.1. The lowest BCUT2D eigenvalue weighted by Gasteiger charge is -2.36. The molecule has 0 radical (unpaired) electrons. The van der Waals surface area contributed by atoms with Gasteiger partial charge < -0.3 is 25.4 Å². The number of hydrogen-bond acceptors (Lipinski definition) is 7. The molecular formula is C27H38N6O5. The quantitative estimate of drug-likeness (QED) is 0.374. The van der Waals surface area contributed by atoms with Crippen molar-refractivity contribution >= 4 is 28.8 Å². The zero-order chi connectivity index (χ0) is 27.1. The van der Waals surface area contributed by atoms with Crippen LogP contribution >= 0.6 is 0 Å².